The summed E-state index contributed by atoms with van der Waals surface area (Å²) in [5.41, 5.74) is 1.27. The molecule has 1 unspecified atom stereocenters. The van der Waals surface area contributed by atoms with Crippen molar-refractivity contribution in [3.05, 3.63) is 44.1 Å². The standard InChI is InChI=1S/C22H30BrNO5S/c1-14-13-30-19(20(14)23)9-16(12-25)24(21(26)29-22(2,3)4)11-15-7-8-17(27-5)10-18(15)28-6/h7-8,10,13,16,25H,9,11-12H2,1-6H3. The second kappa shape index (κ2) is 10.5. The smallest absolute Gasteiger partial charge is 0.410 e. The highest BCUT2D eigenvalue weighted by molar-refractivity contribution is 9.10. The summed E-state index contributed by atoms with van der Waals surface area (Å²) in [7, 11) is 3.16. The summed E-state index contributed by atoms with van der Waals surface area (Å²) in [4.78, 5) is 15.7. The van der Waals surface area contributed by atoms with Gasteiger partial charge in [-0.1, -0.05) is 0 Å². The number of aliphatic hydroxyl groups is 1. The molecule has 0 fully saturated rings. The SMILES string of the molecule is COc1ccc(CN(C(=O)OC(C)(C)C)C(CO)Cc2scc(C)c2Br)c(OC)c1. The first-order valence-electron chi connectivity index (χ1n) is 9.63. The van der Waals surface area contributed by atoms with Gasteiger partial charge in [-0.05, 0) is 66.7 Å². The molecule has 166 valence electrons. The molecule has 1 aromatic heterocycles. The second-order valence-electron chi connectivity index (χ2n) is 7.98. The molecule has 0 radical (unpaired) electrons. The number of hydrogen-bond donors (Lipinski definition) is 1. The number of ether oxygens (including phenoxy) is 3. The first-order valence-corrected chi connectivity index (χ1v) is 11.3. The van der Waals surface area contributed by atoms with E-state index in [1.807, 2.05) is 39.8 Å². The quantitative estimate of drug-likeness (QED) is 0.541. The summed E-state index contributed by atoms with van der Waals surface area (Å²) in [6.45, 7) is 7.53. The average Bonchev–Trinajstić information content (AvgIpc) is 3.01. The van der Waals surface area contributed by atoms with Crippen molar-refractivity contribution in [2.75, 3.05) is 20.8 Å². The molecule has 0 aliphatic rings. The Hall–Kier alpha value is -1.77. The van der Waals surface area contributed by atoms with Crippen molar-refractivity contribution < 1.29 is 24.1 Å². The highest BCUT2D eigenvalue weighted by atomic mass is 79.9. The van der Waals surface area contributed by atoms with Crippen LogP contribution in [-0.2, 0) is 17.7 Å². The lowest BCUT2D eigenvalue weighted by atomic mass is 10.1. The lowest BCUT2D eigenvalue weighted by Crippen LogP contribution is -2.45. The third-order valence-corrected chi connectivity index (χ3v) is 7.00. The maximum atomic E-state index is 13.1. The number of halogens is 1. The number of thiophene rings is 1. The molecule has 6 nitrogen and oxygen atoms in total. The molecule has 1 amide bonds. The summed E-state index contributed by atoms with van der Waals surface area (Å²) in [5, 5.41) is 12.2. The number of hydrogen-bond acceptors (Lipinski definition) is 6. The van der Waals surface area contributed by atoms with Crippen LogP contribution in [0.15, 0.2) is 28.1 Å². The van der Waals surface area contributed by atoms with Crippen molar-refractivity contribution in [3.8, 4) is 11.5 Å². The van der Waals surface area contributed by atoms with Crippen LogP contribution in [0.25, 0.3) is 0 Å². The minimum Gasteiger partial charge on any atom is -0.497 e. The van der Waals surface area contributed by atoms with Gasteiger partial charge in [-0.15, -0.1) is 11.3 Å². The molecule has 0 spiro atoms. The van der Waals surface area contributed by atoms with Crippen molar-refractivity contribution in [3.63, 3.8) is 0 Å². The van der Waals surface area contributed by atoms with Gasteiger partial charge in [-0.3, -0.25) is 4.90 Å². The fourth-order valence-electron chi connectivity index (χ4n) is 2.94. The summed E-state index contributed by atoms with van der Waals surface area (Å²) in [6.07, 6.45) is 0.0247. The van der Waals surface area contributed by atoms with E-state index in [0.717, 1.165) is 20.5 Å². The number of carbonyl (C=O) groups excluding carboxylic acids is 1. The topological polar surface area (TPSA) is 68.2 Å². The molecular formula is C22H30BrNO5S. The molecule has 1 N–H and O–H groups in total. The van der Waals surface area contributed by atoms with Crippen molar-refractivity contribution >= 4 is 33.4 Å². The molecule has 8 heteroatoms. The Morgan fingerprint density at radius 1 is 1.27 bits per heavy atom. The largest absolute Gasteiger partial charge is 0.497 e. The fourth-order valence-corrected chi connectivity index (χ4v) is 4.64. The van der Waals surface area contributed by atoms with Gasteiger partial charge >= 0.3 is 6.09 Å². The first kappa shape index (κ1) is 24.5. The Balaban J connectivity index is 2.38. The van der Waals surface area contributed by atoms with Gasteiger partial charge in [0.2, 0.25) is 0 Å². The summed E-state index contributed by atoms with van der Waals surface area (Å²) >= 11 is 5.21. The molecule has 0 aliphatic carbocycles. The predicted molar refractivity (Wildman–Crippen MR) is 123 cm³/mol. The van der Waals surface area contributed by atoms with E-state index in [-0.39, 0.29) is 13.2 Å². The average molecular weight is 500 g/mol. The Morgan fingerprint density at radius 3 is 2.47 bits per heavy atom. The van der Waals surface area contributed by atoms with Crippen molar-refractivity contribution in [1.29, 1.82) is 0 Å². The normalized spacial score (nSPS) is 12.4. The van der Waals surface area contributed by atoms with Gasteiger partial charge in [-0.25, -0.2) is 4.79 Å². The van der Waals surface area contributed by atoms with Crippen molar-refractivity contribution in [1.82, 2.24) is 4.90 Å². The number of aryl methyl sites for hydroxylation is 1. The van der Waals surface area contributed by atoms with Crippen molar-refractivity contribution in [2.24, 2.45) is 0 Å². The fraction of sp³-hybridized carbons (Fsp3) is 0.500. The molecule has 0 bridgehead atoms. The van der Waals surface area contributed by atoms with E-state index in [1.54, 1.807) is 36.5 Å². The second-order valence-corrected chi connectivity index (χ2v) is 9.74. The van der Waals surface area contributed by atoms with Gasteiger partial charge < -0.3 is 19.3 Å². The van der Waals surface area contributed by atoms with E-state index in [9.17, 15) is 9.90 Å². The third-order valence-electron chi connectivity index (χ3n) is 4.50. The summed E-state index contributed by atoms with van der Waals surface area (Å²) in [5.74, 6) is 1.27. The number of amides is 1. The molecule has 0 aliphatic heterocycles. The van der Waals surface area contributed by atoms with Gasteiger partial charge in [-0.2, -0.15) is 0 Å². The van der Waals surface area contributed by atoms with Crippen LogP contribution in [0, 0.1) is 6.92 Å². The summed E-state index contributed by atoms with van der Waals surface area (Å²) < 4.78 is 17.4. The van der Waals surface area contributed by atoms with E-state index in [4.69, 9.17) is 14.2 Å². The Bertz CT molecular complexity index is 862. The van der Waals surface area contributed by atoms with Gasteiger partial charge in [0.25, 0.3) is 0 Å². The van der Waals surface area contributed by atoms with Gasteiger partial charge in [0, 0.05) is 27.4 Å². The zero-order chi connectivity index (χ0) is 22.5. The van der Waals surface area contributed by atoms with Crippen LogP contribution in [0.5, 0.6) is 11.5 Å². The van der Waals surface area contributed by atoms with Crippen LogP contribution in [0.1, 0.15) is 36.8 Å². The number of nitrogens with zero attached hydrogens (tertiary/aromatic N) is 1. The van der Waals surface area contributed by atoms with E-state index in [1.165, 1.54) is 0 Å². The zero-order valence-electron chi connectivity index (χ0n) is 18.3. The van der Waals surface area contributed by atoms with Gasteiger partial charge in [0.15, 0.2) is 0 Å². The molecule has 1 atom stereocenters. The first-order chi connectivity index (χ1) is 14.1. The van der Waals surface area contributed by atoms with Gasteiger partial charge in [0.05, 0.1) is 33.4 Å². The van der Waals surface area contributed by atoms with Crippen LogP contribution in [0.3, 0.4) is 0 Å². The third kappa shape index (κ3) is 6.36. The van der Waals surface area contributed by atoms with E-state index in [0.29, 0.717) is 17.9 Å². The van der Waals surface area contributed by atoms with Crippen LogP contribution in [-0.4, -0.2) is 48.6 Å². The lowest BCUT2D eigenvalue weighted by Gasteiger charge is -2.33. The Labute approximate surface area is 190 Å². The Morgan fingerprint density at radius 2 is 1.97 bits per heavy atom. The monoisotopic (exact) mass is 499 g/mol. The highest BCUT2D eigenvalue weighted by Gasteiger charge is 2.30. The van der Waals surface area contributed by atoms with Crippen LogP contribution >= 0.6 is 27.3 Å². The van der Waals surface area contributed by atoms with Gasteiger partial charge in [0.1, 0.15) is 17.1 Å². The van der Waals surface area contributed by atoms with E-state index < -0.39 is 17.7 Å². The highest BCUT2D eigenvalue weighted by Crippen LogP contribution is 2.31. The minimum atomic E-state index is -0.653. The lowest BCUT2D eigenvalue weighted by molar-refractivity contribution is 0.00690. The van der Waals surface area contributed by atoms with E-state index in [2.05, 4.69) is 21.3 Å². The molecular weight excluding hydrogens is 470 g/mol. The number of aliphatic hydroxyl groups excluding tert-OH is 1. The zero-order valence-corrected chi connectivity index (χ0v) is 20.7. The maximum Gasteiger partial charge on any atom is 0.410 e. The van der Waals surface area contributed by atoms with E-state index >= 15 is 0 Å². The van der Waals surface area contributed by atoms with Crippen molar-refractivity contribution in [2.45, 2.75) is 52.3 Å². The molecule has 2 rings (SSSR count). The molecule has 0 saturated heterocycles. The minimum absolute atomic E-state index is 0.193. The maximum absolute atomic E-state index is 13.1. The molecule has 30 heavy (non-hydrogen) atoms. The van der Waals surface area contributed by atoms with Crippen LogP contribution < -0.4 is 9.47 Å². The van der Waals surface area contributed by atoms with Crippen LogP contribution in [0.2, 0.25) is 0 Å². The van der Waals surface area contributed by atoms with Crippen LogP contribution in [0.4, 0.5) is 4.79 Å². The predicted octanol–water partition coefficient (Wildman–Crippen LogP) is 5.18. The number of carbonyl (C=O) groups is 1. The number of benzene rings is 1. The molecule has 2 aromatic rings. The molecule has 0 saturated carbocycles. The molecule has 1 heterocycles. The summed E-state index contributed by atoms with van der Waals surface area (Å²) in [6, 6.07) is 4.99. The molecule has 1 aromatic carbocycles. The number of rotatable bonds is 8. The Kier molecular flexibility index (Phi) is 8.58. The number of methoxy groups -OCH3 is 2.